The van der Waals surface area contributed by atoms with Crippen molar-refractivity contribution in [1.82, 2.24) is 19.4 Å². The molecule has 0 bridgehead atoms. The number of hydrogen-bond acceptors (Lipinski definition) is 5. The third-order valence-electron chi connectivity index (χ3n) is 5.11. The number of para-hydroxylation sites is 1. The summed E-state index contributed by atoms with van der Waals surface area (Å²) in [5.41, 5.74) is 0.0339. The van der Waals surface area contributed by atoms with Gasteiger partial charge in [0.1, 0.15) is 17.0 Å². The van der Waals surface area contributed by atoms with E-state index in [1.807, 2.05) is 25.3 Å². The minimum Gasteiger partial charge on any atom is -0.422 e. The maximum Gasteiger partial charge on any atom is 0.349 e. The molecule has 1 aliphatic heterocycles. The Labute approximate surface area is 156 Å². The second kappa shape index (κ2) is 7.36. The monoisotopic (exact) mass is 366 g/mol. The summed E-state index contributed by atoms with van der Waals surface area (Å²) in [4.78, 5) is 33.3. The van der Waals surface area contributed by atoms with Gasteiger partial charge < -0.3 is 13.9 Å². The fourth-order valence-corrected chi connectivity index (χ4v) is 3.45. The summed E-state index contributed by atoms with van der Waals surface area (Å²) >= 11 is 0. The van der Waals surface area contributed by atoms with Crippen LogP contribution in [-0.2, 0) is 6.54 Å². The second-order valence-electron chi connectivity index (χ2n) is 6.79. The molecule has 0 atom stereocenters. The van der Waals surface area contributed by atoms with Gasteiger partial charge >= 0.3 is 5.63 Å². The predicted octanol–water partition coefficient (Wildman–Crippen LogP) is 1.76. The molecule has 7 heteroatoms. The van der Waals surface area contributed by atoms with Crippen LogP contribution in [0, 0.1) is 6.92 Å². The van der Waals surface area contributed by atoms with Crippen molar-refractivity contribution >= 4 is 16.9 Å². The number of rotatable bonds is 4. The minimum absolute atomic E-state index is 0.108. The van der Waals surface area contributed by atoms with Crippen LogP contribution in [0.25, 0.3) is 11.0 Å². The molecule has 1 aliphatic rings. The number of carbonyl (C=O) groups is 1. The molecule has 0 radical (unpaired) electrons. The molecule has 1 aromatic carbocycles. The fraction of sp³-hybridized carbons (Fsp3) is 0.350. The summed E-state index contributed by atoms with van der Waals surface area (Å²) in [6.07, 6.45) is 3.79. The number of carbonyl (C=O) groups excluding carboxylic acids is 1. The summed E-state index contributed by atoms with van der Waals surface area (Å²) in [6.45, 7) is 6.58. The standard InChI is InChI=1S/C20H22N4O3/c1-15-21-6-7-23(15)11-8-22-9-12-24(13-10-22)19(25)17-14-16-4-2-3-5-18(16)27-20(17)26/h2-7,14H,8-13H2,1H3. The molecule has 7 nitrogen and oxygen atoms in total. The number of nitrogens with zero attached hydrogens (tertiary/aromatic N) is 4. The first kappa shape index (κ1) is 17.5. The van der Waals surface area contributed by atoms with Crippen molar-refractivity contribution in [3.05, 3.63) is 64.5 Å². The maximum absolute atomic E-state index is 12.8. The van der Waals surface area contributed by atoms with Gasteiger partial charge in [0.25, 0.3) is 5.91 Å². The maximum atomic E-state index is 12.8. The highest BCUT2D eigenvalue weighted by Gasteiger charge is 2.24. The van der Waals surface area contributed by atoms with Crippen LogP contribution in [0.5, 0.6) is 0 Å². The molecule has 3 aromatic rings. The summed E-state index contributed by atoms with van der Waals surface area (Å²) < 4.78 is 7.42. The van der Waals surface area contributed by atoms with E-state index in [4.69, 9.17) is 4.42 Å². The molecular weight excluding hydrogens is 344 g/mol. The molecule has 3 heterocycles. The lowest BCUT2D eigenvalue weighted by Crippen LogP contribution is -2.50. The van der Waals surface area contributed by atoms with E-state index in [2.05, 4.69) is 14.5 Å². The van der Waals surface area contributed by atoms with Gasteiger partial charge in [-0.3, -0.25) is 9.69 Å². The van der Waals surface area contributed by atoms with Crippen molar-refractivity contribution in [2.45, 2.75) is 13.5 Å². The van der Waals surface area contributed by atoms with E-state index in [-0.39, 0.29) is 11.5 Å². The quantitative estimate of drug-likeness (QED) is 0.658. The van der Waals surface area contributed by atoms with Crippen molar-refractivity contribution in [2.75, 3.05) is 32.7 Å². The van der Waals surface area contributed by atoms with Crippen LogP contribution in [0.15, 0.2) is 51.9 Å². The normalized spacial score (nSPS) is 15.4. The first-order valence-corrected chi connectivity index (χ1v) is 9.14. The van der Waals surface area contributed by atoms with Gasteiger partial charge in [0.2, 0.25) is 0 Å². The summed E-state index contributed by atoms with van der Waals surface area (Å²) in [5.74, 6) is 0.756. The molecule has 27 heavy (non-hydrogen) atoms. The van der Waals surface area contributed by atoms with E-state index in [1.165, 1.54) is 0 Å². The van der Waals surface area contributed by atoms with Crippen molar-refractivity contribution < 1.29 is 9.21 Å². The summed E-state index contributed by atoms with van der Waals surface area (Å²) in [5, 5.41) is 0.759. The highest BCUT2D eigenvalue weighted by Crippen LogP contribution is 2.14. The lowest BCUT2D eigenvalue weighted by Gasteiger charge is -2.34. The van der Waals surface area contributed by atoms with Crippen molar-refractivity contribution in [3.63, 3.8) is 0 Å². The van der Waals surface area contributed by atoms with Gasteiger partial charge in [-0.2, -0.15) is 0 Å². The number of hydrogen-bond donors (Lipinski definition) is 0. The van der Waals surface area contributed by atoms with Crippen LogP contribution in [0.3, 0.4) is 0 Å². The van der Waals surface area contributed by atoms with E-state index >= 15 is 0 Å². The van der Waals surface area contributed by atoms with Crippen molar-refractivity contribution in [1.29, 1.82) is 0 Å². The zero-order chi connectivity index (χ0) is 18.8. The number of aromatic nitrogens is 2. The SMILES string of the molecule is Cc1nccn1CCN1CCN(C(=O)c2cc3ccccc3oc2=O)CC1. The van der Waals surface area contributed by atoms with E-state index in [1.54, 1.807) is 29.3 Å². The number of imidazole rings is 1. The van der Waals surface area contributed by atoms with Gasteiger partial charge in [-0.05, 0) is 19.1 Å². The van der Waals surface area contributed by atoms with Gasteiger partial charge in [0.15, 0.2) is 0 Å². The van der Waals surface area contributed by atoms with Crippen LogP contribution < -0.4 is 5.63 Å². The Morgan fingerprint density at radius 2 is 1.93 bits per heavy atom. The van der Waals surface area contributed by atoms with Crippen LogP contribution in [0.1, 0.15) is 16.2 Å². The van der Waals surface area contributed by atoms with Crippen LogP contribution in [0.4, 0.5) is 0 Å². The first-order valence-electron chi connectivity index (χ1n) is 9.14. The third-order valence-corrected chi connectivity index (χ3v) is 5.11. The van der Waals surface area contributed by atoms with Crippen molar-refractivity contribution in [2.24, 2.45) is 0 Å². The molecule has 2 aromatic heterocycles. The molecular formula is C20H22N4O3. The van der Waals surface area contributed by atoms with Gasteiger partial charge in [0, 0.05) is 57.0 Å². The fourth-order valence-electron chi connectivity index (χ4n) is 3.45. The molecule has 1 saturated heterocycles. The molecule has 1 fully saturated rings. The van der Waals surface area contributed by atoms with Crippen molar-refractivity contribution in [3.8, 4) is 0 Å². The van der Waals surface area contributed by atoms with Gasteiger partial charge in [-0.15, -0.1) is 0 Å². The highest BCUT2D eigenvalue weighted by molar-refractivity contribution is 5.96. The molecule has 1 amide bonds. The van der Waals surface area contributed by atoms with Gasteiger partial charge in [-0.1, -0.05) is 18.2 Å². The molecule has 0 N–H and O–H groups in total. The third kappa shape index (κ3) is 3.64. The Bertz CT molecular complexity index is 1020. The zero-order valence-corrected chi connectivity index (χ0v) is 15.3. The average Bonchev–Trinajstić information content (AvgIpc) is 3.10. The highest BCUT2D eigenvalue weighted by atomic mass is 16.4. The summed E-state index contributed by atoms with van der Waals surface area (Å²) in [7, 11) is 0. The number of aryl methyl sites for hydroxylation is 1. The Morgan fingerprint density at radius 1 is 1.15 bits per heavy atom. The Morgan fingerprint density at radius 3 is 2.67 bits per heavy atom. The topological polar surface area (TPSA) is 71.6 Å². The van der Waals surface area contributed by atoms with E-state index < -0.39 is 5.63 Å². The minimum atomic E-state index is -0.572. The summed E-state index contributed by atoms with van der Waals surface area (Å²) in [6, 6.07) is 8.86. The number of piperazine rings is 1. The average molecular weight is 366 g/mol. The Balaban J connectivity index is 1.39. The molecule has 0 saturated carbocycles. The number of fused-ring (bicyclic) bond motifs is 1. The lowest BCUT2D eigenvalue weighted by atomic mass is 10.1. The van der Waals surface area contributed by atoms with E-state index in [0.717, 1.165) is 37.4 Å². The largest absolute Gasteiger partial charge is 0.422 e. The zero-order valence-electron chi connectivity index (χ0n) is 15.3. The molecule has 140 valence electrons. The second-order valence-corrected chi connectivity index (χ2v) is 6.79. The van der Waals surface area contributed by atoms with Crippen LogP contribution >= 0.6 is 0 Å². The van der Waals surface area contributed by atoms with Crippen LogP contribution in [0.2, 0.25) is 0 Å². The molecule has 4 rings (SSSR count). The Hall–Kier alpha value is -2.93. The smallest absolute Gasteiger partial charge is 0.349 e. The van der Waals surface area contributed by atoms with E-state index in [9.17, 15) is 9.59 Å². The molecule has 0 unspecified atom stereocenters. The van der Waals surface area contributed by atoms with Gasteiger partial charge in [0.05, 0.1) is 0 Å². The van der Waals surface area contributed by atoms with Gasteiger partial charge in [-0.25, -0.2) is 9.78 Å². The molecule has 0 aliphatic carbocycles. The predicted molar refractivity (Wildman–Crippen MR) is 102 cm³/mol. The van der Waals surface area contributed by atoms with E-state index in [0.29, 0.717) is 18.7 Å². The molecule has 0 spiro atoms. The Kier molecular flexibility index (Phi) is 4.77. The number of amides is 1. The number of benzene rings is 1. The lowest BCUT2D eigenvalue weighted by molar-refractivity contribution is 0.0629. The first-order chi connectivity index (χ1) is 13.1. The van der Waals surface area contributed by atoms with Crippen LogP contribution in [-0.4, -0.2) is 58.0 Å².